The van der Waals surface area contributed by atoms with Crippen molar-refractivity contribution in [3.8, 4) is 0 Å². The van der Waals surface area contributed by atoms with Crippen molar-refractivity contribution < 1.29 is 9.53 Å². The summed E-state index contributed by atoms with van der Waals surface area (Å²) in [4.78, 5) is 11.4. The van der Waals surface area contributed by atoms with Gasteiger partial charge in [0, 0.05) is 16.6 Å². The zero-order valence-corrected chi connectivity index (χ0v) is 13.0. The molecule has 1 fully saturated rings. The molecule has 0 spiro atoms. The van der Waals surface area contributed by atoms with Gasteiger partial charge in [0.1, 0.15) is 0 Å². The lowest BCUT2D eigenvalue weighted by atomic mass is 9.75. The predicted molar refractivity (Wildman–Crippen MR) is 79.2 cm³/mol. The molecular formula is C15H20BrNO2. The van der Waals surface area contributed by atoms with E-state index >= 15 is 0 Å². The van der Waals surface area contributed by atoms with E-state index in [0.29, 0.717) is 11.1 Å². The number of ether oxygens (including phenoxy) is 1. The van der Waals surface area contributed by atoms with E-state index < -0.39 is 0 Å². The lowest BCUT2D eigenvalue weighted by Gasteiger charge is -2.42. The number of nitrogens with one attached hydrogen (secondary N) is 1. The van der Waals surface area contributed by atoms with Crippen molar-refractivity contribution in [3.05, 3.63) is 33.8 Å². The summed E-state index contributed by atoms with van der Waals surface area (Å²) >= 11 is 3.53. The van der Waals surface area contributed by atoms with Crippen LogP contribution in [0.25, 0.3) is 0 Å². The third-order valence-electron chi connectivity index (χ3n) is 4.12. The summed E-state index contributed by atoms with van der Waals surface area (Å²) < 4.78 is 5.67. The van der Waals surface area contributed by atoms with E-state index in [1.165, 1.54) is 38.4 Å². The number of rotatable bonds is 5. The van der Waals surface area contributed by atoms with Crippen LogP contribution in [0.2, 0.25) is 0 Å². The molecule has 1 saturated carbocycles. The van der Waals surface area contributed by atoms with Gasteiger partial charge in [0.05, 0.1) is 12.7 Å². The van der Waals surface area contributed by atoms with Crippen molar-refractivity contribution in [1.82, 2.24) is 5.32 Å². The Morgan fingerprint density at radius 1 is 1.47 bits per heavy atom. The normalized spacial score (nSPS) is 16.8. The molecule has 0 bridgehead atoms. The summed E-state index contributed by atoms with van der Waals surface area (Å²) in [5.41, 5.74) is 2.08. The van der Waals surface area contributed by atoms with E-state index in [0.717, 1.165) is 11.0 Å². The Morgan fingerprint density at radius 3 is 2.68 bits per heavy atom. The molecule has 0 heterocycles. The first-order valence-electron chi connectivity index (χ1n) is 6.72. The van der Waals surface area contributed by atoms with Gasteiger partial charge in [-0.2, -0.15) is 0 Å². The van der Waals surface area contributed by atoms with Crippen LogP contribution in [0.5, 0.6) is 0 Å². The van der Waals surface area contributed by atoms with E-state index in [1.807, 2.05) is 18.2 Å². The lowest BCUT2D eigenvalue weighted by molar-refractivity contribution is 0.0600. The molecule has 0 unspecified atom stereocenters. The number of hydrogen-bond donors (Lipinski definition) is 1. The maximum Gasteiger partial charge on any atom is 0.337 e. The van der Waals surface area contributed by atoms with Gasteiger partial charge in [-0.1, -0.05) is 28.9 Å². The first kappa shape index (κ1) is 14.5. The van der Waals surface area contributed by atoms with Gasteiger partial charge in [-0.25, -0.2) is 4.79 Å². The fraction of sp³-hybridized carbons (Fsp3) is 0.533. The van der Waals surface area contributed by atoms with Crippen LogP contribution in [0.4, 0.5) is 0 Å². The van der Waals surface area contributed by atoms with Gasteiger partial charge in [0.15, 0.2) is 0 Å². The molecule has 19 heavy (non-hydrogen) atoms. The maximum atomic E-state index is 11.4. The van der Waals surface area contributed by atoms with Crippen LogP contribution >= 0.6 is 15.9 Å². The van der Waals surface area contributed by atoms with Crippen LogP contribution in [0, 0.1) is 0 Å². The SMILES string of the molecule is CCC1(NCc2ccc(C(=O)OC)cc2Br)CCC1. The molecule has 4 heteroatoms. The molecule has 2 rings (SSSR count). The van der Waals surface area contributed by atoms with Crippen molar-refractivity contribution >= 4 is 21.9 Å². The number of hydrogen-bond acceptors (Lipinski definition) is 3. The van der Waals surface area contributed by atoms with Gasteiger partial charge in [-0.05, 0) is 43.4 Å². The minimum atomic E-state index is -0.302. The van der Waals surface area contributed by atoms with Crippen LogP contribution in [-0.2, 0) is 11.3 Å². The van der Waals surface area contributed by atoms with Crippen LogP contribution in [0.3, 0.4) is 0 Å². The first-order chi connectivity index (χ1) is 9.10. The third-order valence-corrected chi connectivity index (χ3v) is 4.85. The topological polar surface area (TPSA) is 38.3 Å². The minimum Gasteiger partial charge on any atom is -0.465 e. The van der Waals surface area contributed by atoms with E-state index in [4.69, 9.17) is 4.74 Å². The smallest absolute Gasteiger partial charge is 0.337 e. The number of halogens is 1. The number of carbonyl (C=O) groups is 1. The zero-order chi connectivity index (χ0) is 13.9. The highest BCUT2D eigenvalue weighted by molar-refractivity contribution is 9.10. The fourth-order valence-corrected chi connectivity index (χ4v) is 3.00. The Labute approximate surface area is 122 Å². The van der Waals surface area contributed by atoms with E-state index in [2.05, 4.69) is 28.2 Å². The second-order valence-electron chi connectivity index (χ2n) is 5.14. The molecule has 3 nitrogen and oxygen atoms in total. The van der Waals surface area contributed by atoms with Crippen molar-refractivity contribution in [2.45, 2.75) is 44.7 Å². The monoisotopic (exact) mass is 325 g/mol. The standard InChI is InChI=1S/C15H20BrNO2/c1-3-15(7-4-8-15)17-10-12-6-5-11(9-13(12)16)14(18)19-2/h5-6,9,17H,3-4,7-8,10H2,1-2H3. The van der Waals surface area contributed by atoms with Gasteiger partial charge < -0.3 is 10.1 Å². The number of methoxy groups -OCH3 is 1. The van der Waals surface area contributed by atoms with E-state index in [-0.39, 0.29) is 5.97 Å². The second kappa shape index (κ2) is 6.06. The minimum absolute atomic E-state index is 0.302. The fourth-order valence-electron chi connectivity index (χ4n) is 2.48. The van der Waals surface area contributed by atoms with Crippen LogP contribution in [0.1, 0.15) is 48.5 Å². The quantitative estimate of drug-likeness (QED) is 0.839. The van der Waals surface area contributed by atoms with Gasteiger partial charge >= 0.3 is 5.97 Å². The Morgan fingerprint density at radius 2 is 2.21 bits per heavy atom. The number of carbonyl (C=O) groups excluding carboxylic acids is 1. The highest BCUT2D eigenvalue weighted by atomic mass is 79.9. The van der Waals surface area contributed by atoms with Crippen LogP contribution < -0.4 is 5.32 Å². The summed E-state index contributed by atoms with van der Waals surface area (Å²) in [5, 5.41) is 3.66. The molecule has 0 amide bonds. The van der Waals surface area contributed by atoms with Gasteiger partial charge in [0.25, 0.3) is 0 Å². The molecule has 1 N–H and O–H groups in total. The van der Waals surface area contributed by atoms with Crippen molar-refractivity contribution in [3.63, 3.8) is 0 Å². The highest BCUT2D eigenvalue weighted by Crippen LogP contribution is 2.35. The summed E-state index contributed by atoms with van der Waals surface area (Å²) in [7, 11) is 1.40. The second-order valence-corrected chi connectivity index (χ2v) is 5.99. The molecule has 1 aromatic rings. The summed E-state index contributed by atoms with van der Waals surface area (Å²) in [5.74, 6) is -0.302. The van der Waals surface area contributed by atoms with Crippen LogP contribution in [-0.4, -0.2) is 18.6 Å². The van der Waals surface area contributed by atoms with Gasteiger partial charge in [-0.3, -0.25) is 0 Å². The molecular weight excluding hydrogens is 306 g/mol. The van der Waals surface area contributed by atoms with Gasteiger partial charge in [0.2, 0.25) is 0 Å². The molecule has 0 aromatic heterocycles. The maximum absolute atomic E-state index is 11.4. The molecule has 1 aliphatic rings. The lowest BCUT2D eigenvalue weighted by Crippen LogP contribution is -2.49. The van der Waals surface area contributed by atoms with E-state index in [1.54, 1.807) is 0 Å². The molecule has 0 aliphatic heterocycles. The van der Waals surface area contributed by atoms with Crippen molar-refractivity contribution in [1.29, 1.82) is 0 Å². The van der Waals surface area contributed by atoms with Crippen molar-refractivity contribution in [2.75, 3.05) is 7.11 Å². The van der Waals surface area contributed by atoms with Gasteiger partial charge in [-0.15, -0.1) is 0 Å². The van der Waals surface area contributed by atoms with E-state index in [9.17, 15) is 4.79 Å². The summed E-state index contributed by atoms with van der Waals surface area (Å²) in [6.07, 6.45) is 5.02. The average molecular weight is 326 g/mol. The van der Waals surface area contributed by atoms with Crippen molar-refractivity contribution in [2.24, 2.45) is 0 Å². The molecule has 104 valence electrons. The molecule has 0 radical (unpaired) electrons. The summed E-state index contributed by atoms with van der Waals surface area (Å²) in [6.45, 7) is 3.07. The average Bonchev–Trinajstić information content (AvgIpc) is 2.38. The molecule has 1 aromatic carbocycles. The predicted octanol–water partition coefficient (Wildman–Crippen LogP) is 3.66. The largest absolute Gasteiger partial charge is 0.465 e. The summed E-state index contributed by atoms with van der Waals surface area (Å²) in [6, 6.07) is 5.61. The Kier molecular flexibility index (Phi) is 4.63. The Balaban J connectivity index is 2.03. The Bertz CT molecular complexity index is 464. The molecule has 1 aliphatic carbocycles. The molecule has 0 atom stereocenters. The highest BCUT2D eigenvalue weighted by Gasteiger charge is 2.34. The zero-order valence-electron chi connectivity index (χ0n) is 11.5. The van der Waals surface area contributed by atoms with Crippen LogP contribution in [0.15, 0.2) is 22.7 Å². The number of benzene rings is 1. The first-order valence-corrected chi connectivity index (χ1v) is 7.51. The molecule has 0 saturated heterocycles. The Hall–Kier alpha value is -0.870. The third kappa shape index (κ3) is 3.18. The number of esters is 1.